The first-order chi connectivity index (χ1) is 10.7. The van der Waals surface area contributed by atoms with Gasteiger partial charge in [0.2, 0.25) is 11.8 Å². The van der Waals surface area contributed by atoms with Crippen molar-refractivity contribution in [1.82, 2.24) is 19.7 Å². The lowest BCUT2D eigenvalue weighted by atomic mass is 10.2. The molecule has 0 radical (unpaired) electrons. The predicted molar refractivity (Wildman–Crippen MR) is 64.8 cm³/mol. The van der Waals surface area contributed by atoms with Crippen LogP contribution in [0.4, 0.5) is 27.9 Å². The number of amides is 1. The van der Waals surface area contributed by atoms with Crippen molar-refractivity contribution in [3.63, 3.8) is 0 Å². The maximum absolute atomic E-state index is 12.5. The number of hydrogen-bond donors (Lipinski definition) is 1. The maximum atomic E-state index is 12.5. The molecule has 2 aromatic heterocycles. The average molecular weight is 337 g/mol. The Morgan fingerprint density at radius 3 is 2.65 bits per heavy atom. The second kappa shape index (κ2) is 6.14. The van der Waals surface area contributed by atoms with E-state index in [9.17, 15) is 26.7 Å². The van der Waals surface area contributed by atoms with Crippen molar-refractivity contribution < 1.29 is 31.5 Å². The molecule has 1 amide bonds. The zero-order valence-corrected chi connectivity index (χ0v) is 11.3. The molecule has 0 aliphatic rings. The first kappa shape index (κ1) is 16.6. The van der Waals surface area contributed by atoms with E-state index >= 15 is 0 Å². The zero-order chi connectivity index (χ0) is 17.2. The number of nitrogens with one attached hydrogen (secondary N) is 1. The summed E-state index contributed by atoms with van der Waals surface area (Å²) in [5.74, 6) is -3.29. The summed E-state index contributed by atoms with van der Waals surface area (Å²) in [6.45, 7) is -3.13. The molecule has 0 unspecified atom stereocenters. The molecule has 0 spiro atoms. The molecule has 2 rings (SSSR count). The smallest absolute Gasteiger partial charge is 0.417 e. The standard InChI is InChI=1S/C11H8F5N5O2/c1-21-10(19-8(20-21)11(14,15)16)18-7(22)5-2-3-17-6(4-5)23-9(12)13/h2-4,9H,1H3,(H,18,19,20,22). The van der Waals surface area contributed by atoms with Gasteiger partial charge < -0.3 is 4.74 Å². The number of hydrogen-bond acceptors (Lipinski definition) is 5. The Balaban J connectivity index is 2.18. The Bertz CT molecular complexity index is 715. The minimum absolute atomic E-state index is 0.160. The second-order valence-corrected chi connectivity index (χ2v) is 4.10. The van der Waals surface area contributed by atoms with Crippen molar-refractivity contribution in [1.29, 1.82) is 0 Å². The molecular formula is C11H8F5N5O2. The number of carbonyl (C=O) groups excluding carboxylic acids is 1. The third-order valence-electron chi connectivity index (χ3n) is 2.45. The Kier molecular flexibility index (Phi) is 4.43. The number of ether oxygens (including phenoxy) is 1. The average Bonchev–Trinajstić information content (AvgIpc) is 2.80. The van der Waals surface area contributed by atoms with E-state index in [1.54, 1.807) is 0 Å². The molecule has 0 atom stereocenters. The third kappa shape index (κ3) is 4.11. The van der Waals surface area contributed by atoms with Crippen LogP contribution in [-0.4, -0.2) is 32.3 Å². The van der Waals surface area contributed by atoms with E-state index in [0.29, 0.717) is 0 Å². The number of nitrogens with zero attached hydrogens (tertiary/aromatic N) is 4. The number of rotatable bonds is 4. The highest BCUT2D eigenvalue weighted by Gasteiger charge is 2.37. The van der Waals surface area contributed by atoms with Crippen molar-refractivity contribution in [2.75, 3.05) is 5.32 Å². The fraction of sp³-hybridized carbons (Fsp3) is 0.273. The molecule has 0 aliphatic carbocycles. The molecular weight excluding hydrogens is 329 g/mol. The van der Waals surface area contributed by atoms with Gasteiger partial charge in [-0.25, -0.2) is 9.67 Å². The summed E-state index contributed by atoms with van der Waals surface area (Å²) in [6, 6.07) is 2.07. The summed E-state index contributed by atoms with van der Waals surface area (Å²) < 4.78 is 66.3. The van der Waals surface area contributed by atoms with Crippen molar-refractivity contribution in [2.24, 2.45) is 7.05 Å². The van der Waals surface area contributed by atoms with Gasteiger partial charge in [-0.1, -0.05) is 0 Å². The van der Waals surface area contributed by atoms with E-state index in [1.807, 2.05) is 0 Å². The minimum Gasteiger partial charge on any atom is -0.417 e. The Labute approximate surface area is 125 Å². The first-order valence-electron chi connectivity index (χ1n) is 5.87. The van der Waals surface area contributed by atoms with E-state index < -0.39 is 36.3 Å². The van der Waals surface area contributed by atoms with Gasteiger partial charge >= 0.3 is 12.8 Å². The fourth-order valence-electron chi connectivity index (χ4n) is 1.49. The molecule has 0 bridgehead atoms. The molecule has 7 nitrogen and oxygen atoms in total. The largest absolute Gasteiger partial charge is 0.453 e. The van der Waals surface area contributed by atoms with Crippen LogP contribution in [0.2, 0.25) is 0 Å². The van der Waals surface area contributed by atoms with Gasteiger partial charge in [-0.2, -0.15) is 26.9 Å². The number of pyridine rings is 1. The molecule has 2 heterocycles. The SMILES string of the molecule is Cn1nc(C(F)(F)F)nc1NC(=O)c1ccnc(OC(F)F)c1. The maximum Gasteiger partial charge on any atom is 0.453 e. The summed E-state index contributed by atoms with van der Waals surface area (Å²) in [6.07, 6.45) is -3.74. The van der Waals surface area contributed by atoms with Gasteiger partial charge in [0.05, 0.1) is 0 Å². The van der Waals surface area contributed by atoms with Crippen LogP contribution in [0.15, 0.2) is 18.3 Å². The van der Waals surface area contributed by atoms with Crippen molar-refractivity contribution in [2.45, 2.75) is 12.8 Å². The van der Waals surface area contributed by atoms with Crippen molar-refractivity contribution in [3.8, 4) is 5.88 Å². The lowest BCUT2D eigenvalue weighted by Gasteiger charge is -2.06. The summed E-state index contributed by atoms with van der Waals surface area (Å²) in [5.41, 5.74) is -0.160. The lowest BCUT2D eigenvalue weighted by molar-refractivity contribution is -0.144. The quantitative estimate of drug-likeness (QED) is 0.864. The molecule has 0 aliphatic heterocycles. The number of anilines is 1. The summed E-state index contributed by atoms with van der Waals surface area (Å²) in [4.78, 5) is 18.5. The van der Waals surface area contributed by atoms with E-state index in [4.69, 9.17) is 0 Å². The van der Waals surface area contributed by atoms with Crippen LogP contribution in [0.5, 0.6) is 5.88 Å². The molecule has 2 aromatic rings. The number of halogens is 5. The monoisotopic (exact) mass is 337 g/mol. The van der Waals surface area contributed by atoms with Gasteiger partial charge in [0, 0.05) is 24.9 Å². The highest BCUT2D eigenvalue weighted by Crippen LogP contribution is 2.27. The van der Waals surface area contributed by atoms with Crippen molar-refractivity contribution in [3.05, 3.63) is 29.7 Å². The Hall–Kier alpha value is -2.79. The van der Waals surface area contributed by atoms with Crippen LogP contribution >= 0.6 is 0 Å². The third-order valence-corrected chi connectivity index (χ3v) is 2.45. The van der Waals surface area contributed by atoms with Gasteiger partial charge in [-0.3, -0.25) is 10.1 Å². The number of alkyl halides is 5. The predicted octanol–water partition coefficient (Wildman–Crippen LogP) is 2.08. The Morgan fingerprint density at radius 2 is 2.09 bits per heavy atom. The van der Waals surface area contributed by atoms with Crippen LogP contribution in [0.3, 0.4) is 0 Å². The van der Waals surface area contributed by atoms with E-state index in [1.165, 1.54) is 0 Å². The first-order valence-corrected chi connectivity index (χ1v) is 5.87. The topological polar surface area (TPSA) is 81.9 Å². The molecule has 23 heavy (non-hydrogen) atoms. The van der Waals surface area contributed by atoms with Crippen LogP contribution in [-0.2, 0) is 13.2 Å². The zero-order valence-electron chi connectivity index (χ0n) is 11.3. The Morgan fingerprint density at radius 1 is 1.39 bits per heavy atom. The van der Waals surface area contributed by atoms with Gasteiger partial charge in [0.25, 0.3) is 11.7 Å². The number of carbonyl (C=O) groups is 1. The van der Waals surface area contributed by atoms with Gasteiger partial charge in [-0.15, -0.1) is 5.10 Å². The van der Waals surface area contributed by atoms with Crippen LogP contribution in [0, 0.1) is 0 Å². The van der Waals surface area contributed by atoms with Gasteiger partial charge in [-0.05, 0) is 6.07 Å². The van der Waals surface area contributed by atoms with Gasteiger partial charge in [0.15, 0.2) is 0 Å². The summed E-state index contributed by atoms with van der Waals surface area (Å²) >= 11 is 0. The van der Waals surface area contributed by atoms with Crippen LogP contribution in [0.1, 0.15) is 16.2 Å². The highest BCUT2D eigenvalue weighted by atomic mass is 19.4. The number of aryl methyl sites for hydroxylation is 1. The van der Waals surface area contributed by atoms with E-state index in [0.717, 1.165) is 30.1 Å². The summed E-state index contributed by atoms with van der Waals surface area (Å²) in [7, 11) is 1.15. The van der Waals surface area contributed by atoms with E-state index in [2.05, 4.69) is 25.1 Å². The fourth-order valence-corrected chi connectivity index (χ4v) is 1.49. The van der Waals surface area contributed by atoms with Crippen molar-refractivity contribution >= 4 is 11.9 Å². The summed E-state index contributed by atoms with van der Waals surface area (Å²) in [5, 5.41) is 5.19. The number of aromatic nitrogens is 4. The molecule has 12 heteroatoms. The van der Waals surface area contributed by atoms with Gasteiger partial charge in [0.1, 0.15) is 0 Å². The molecule has 0 fully saturated rings. The van der Waals surface area contributed by atoms with Crippen LogP contribution in [0.25, 0.3) is 0 Å². The lowest BCUT2D eigenvalue weighted by Crippen LogP contribution is -2.16. The molecule has 0 saturated heterocycles. The molecule has 0 aromatic carbocycles. The minimum atomic E-state index is -4.77. The van der Waals surface area contributed by atoms with Crippen LogP contribution < -0.4 is 10.1 Å². The molecule has 124 valence electrons. The molecule has 0 saturated carbocycles. The normalized spacial score (nSPS) is 11.6. The highest BCUT2D eigenvalue weighted by molar-refractivity contribution is 6.03. The van der Waals surface area contributed by atoms with E-state index in [-0.39, 0.29) is 5.56 Å². The molecule has 1 N–H and O–H groups in total. The second-order valence-electron chi connectivity index (χ2n) is 4.10.